The van der Waals surface area contributed by atoms with Crippen LogP contribution in [0, 0.1) is 0 Å². The second-order valence-corrected chi connectivity index (χ2v) is 33.1. The summed E-state index contributed by atoms with van der Waals surface area (Å²) >= 11 is 0. The maximum Gasteiger partial charge on any atom is 0.231 e. The molecule has 0 radical (unpaired) electrons. The Hall–Kier alpha value is -14.7. The van der Waals surface area contributed by atoms with E-state index >= 15 is 0 Å². The van der Waals surface area contributed by atoms with Crippen LogP contribution in [0.5, 0.6) is 0 Å². The van der Waals surface area contributed by atoms with Crippen LogP contribution >= 0.6 is 0 Å². The molecule has 0 fully saturated rings. The minimum absolute atomic E-state index is 0.0755. The number of fused-ring (bicyclic) bond motifs is 32. The Labute approximate surface area is 671 Å². The van der Waals surface area contributed by atoms with E-state index in [1.165, 1.54) is 110 Å². The van der Waals surface area contributed by atoms with E-state index in [9.17, 15) is 0 Å². The van der Waals surface area contributed by atoms with Gasteiger partial charge >= 0.3 is 0 Å². The Bertz CT molecular complexity index is 8220. The topological polar surface area (TPSA) is 117 Å². The van der Waals surface area contributed by atoms with E-state index in [-0.39, 0.29) is 16.2 Å². The van der Waals surface area contributed by atoms with Crippen molar-refractivity contribution in [2.75, 3.05) is 0 Å². The van der Waals surface area contributed by atoms with E-state index in [0.717, 1.165) is 133 Å². The summed E-state index contributed by atoms with van der Waals surface area (Å²) in [6.45, 7) is 13.9. The molecule has 0 aliphatic heterocycles. The lowest BCUT2D eigenvalue weighted by atomic mass is 9.80. The van der Waals surface area contributed by atoms with Crippen molar-refractivity contribution in [1.29, 1.82) is 0 Å². The number of hydrogen-bond acceptors (Lipinski definition) is 9. The molecule has 0 N–H and O–H groups in total. The number of para-hydroxylation sites is 4. The first-order valence-corrected chi connectivity index (χ1v) is 40.2. The zero-order chi connectivity index (χ0) is 77.9. The second kappa shape index (κ2) is 24.7. The summed E-state index contributed by atoms with van der Waals surface area (Å²) in [4.78, 5) is 25.3. The highest BCUT2D eigenvalue weighted by atomic mass is 16.3. The fraction of sp³-hybridized carbons (Fsp3) is 0.0833. The summed E-state index contributed by atoms with van der Waals surface area (Å²) in [5.41, 5.74) is 30.0. The third-order valence-corrected chi connectivity index (χ3v) is 25.7. The van der Waals surface area contributed by atoms with Crippen molar-refractivity contribution in [1.82, 2.24) is 24.9 Å². The maximum absolute atomic E-state index is 6.68. The molecule has 23 aromatic rings. The van der Waals surface area contributed by atoms with E-state index in [0.29, 0.717) is 11.5 Å². The molecule has 7 heterocycles. The molecular formula is C108H71N5O4. The summed E-state index contributed by atoms with van der Waals surface area (Å²) in [7, 11) is 0. The Morgan fingerprint density at radius 1 is 0.239 bits per heavy atom. The molecule has 9 nitrogen and oxygen atoms in total. The van der Waals surface area contributed by atoms with Gasteiger partial charge in [-0.1, -0.05) is 290 Å². The molecule has 0 atom stereocenters. The van der Waals surface area contributed by atoms with Crippen LogP contribution in [0.3, 0.4) is 0 Å². The van der Waals surface area contributed by atoms with Crippen LogP contribution in [0.1, 0.15) is 74.9 Å². The molecule has 9 heteroatoms. The summed E-state index contributed by atoms with van der Waals surface area (Å²) in [6.07, 6.45) is 2.00. The van der Waals surface area contributed by atoms with Crippen molar-refractivity contribution < 1.29 is 17.7 Å². The van der Waals surface area contributed by atoms with Crippen molar-refractivity contribution in [3.8, 4) is 78.7 Å². The predicted octanol–water partition coefficient (Wildman–Crippen LogP) is 29.0. The number of aromatic nitrogens is 5. The minimum atomic E-state index is -0.158. The monoisotopic (exact) mass is 1500 g/mol. The normalized spacial score (nSPS) is 13.9. The van der Waals surface area contributed by atoms with Gasteiger partial charge in [0.25, 0.3) is 0 Å². The van der Waals surface area contributed by atoms with Gasteiger partial charge in [-0.3, -0.25) is 0 Å². The first kappa shape index (κ1) is 66.9. The quantitative estimate of drug-likeness (QED) is 0.159. The molecule has 0 bridgehead atoms. The zero-order valence-electron chi connectivity index (χ0n) is 65.0. The van der Waals surface area contributed by atoms with E-state index < -0.39 is 0 Å². The highest BCUT2D eigenvalue weighted by molar-refractivity contribution is 6.25. The third-order valence-electron chi connectivity index (χ3n) is 25.7. The van der Waals surface area contributed by atoms with Gasteiger partial charge in [-0.2, -0.15) is 4.98 Å². The molecule has 26 rings (SSSR count). The number of furan rings is 4. The molecule has 117 heavy (non-hydrogen) atoms. The molecule has 0 unspecified atom stereocenters. The van der Waals surface area contributed by atoms with Crippen LogP contribution in [0.2, 0.25) is 0 Å². The van der Waals surface area contributed by atoms with Crippen LogP contribution in [0.4, 0.5) is 0 Å². The van der Waals surface area contributed by atoms with Crippen molar-refractivity contribution >= 4 is 142 Å². The van der Waals surface area contributed by atoms with Crippen LogP contribution in [-0.2, 0) is 16.2 Å². The summed E-state index contributed by atoms with van der Waals surface area (Å²) in [5.74, 6) is 1.35. The average molecular weight is 1500 g/mol. The van der Waals surface area contributed by atoms with Crippen LogP contribution in [0.15, 0.2) is 339 Å². The van der Waals surface area contributed by atoms with Gasteiger partial charge in [0, 0.05) is 104 Å². The van der Waals surface area contributed by atoms with Crippen molar-refractivity contribution in [3.63, 3.8) is 0 Å². The Morgan fingerprint density at radius 2 is 0.752 bits per heavy atom. The minimum Gasteiger partial charge on any atom is -0.456 e. The summed E-state index contributed by atoms with van der Waals surface area (Å²) in [5, 5.41) is 18.3. The van der Waals surface area contributed by atoms with Crippen LogP contribution < -0.4 is 0 Å². The SMILES string of the molecule is CC1(C)c2ccc(-c3ncc4c5ccccc5c5ccccc5c4n3)cc2-c2ccc3oc4ccccc4c3c21.CC1(C)c2ccccc2-c2cc3c(cc21)oc1cc(-c2nc(-c4ccccc4)c4c(n2)oc2ccccc24)ccc13.CC1(C)c2ccccc2-c2ccc3oc4c(-c5nc6ccccc6c6ccccc56)cccc4c3c21. The molecule has 0 saturated carbocycles. The predicted molar refractivity (Wildman–Crippen MR) is 479 cm³/mol. The first-order chi connectivity index (χ1) is 57.3. The molecule has 552 valence electrons. The average Bonchev–Trinajstić information content (AvgIpc) is 1.57. The van der Waals surface area contributed by atoms with Crippen molar-refractivity contribution in [3.05, 3.63) is 355 Å². The van der Waals surface area contributed by atoms with Crippen molar-refractivity contribution in [2.24, 2.45) is 0 Å². The molecule has 0 amide bonds. The van der Waals surface area contributed by atoms with Crippen LogP contribution in [-0.4, -0.2) is 24.9 Å². The molecular weight excluding hydrogens is 1430 g/mol. The van der Waals surface area contributed by atoms with E-state index in [1.807, 2.05) is 48.7 Å². The fourth-order valence-electron chi connectivity index (χ4n) is 20.2. The lowest BCUT2D eigenvalue weighted by molar-refractivity contribution is 0.647. The Balaban J connectivity index is 0.000000101. The van der Waals surface area contributed by atoms with Gasteiger partial charge in [0.1, 0.15) is 39.1 Å². The standard InChI is InChI=1S/C37H24N2O2.C37H24N2O.C34H23NO/c1-37(2)28-14-8-6-12-23(28)26-19-27-24-17-16-22(18-31(24)40-32(27)20-29(26)37)35-38-34(21-10-4-3-5-11-21)33-25-13-7-9-15-30(25)41-36(33)39-35;1-37(2)30-17-15-21(19-28(30)25-16-18-32-33(34(25)37)27-13-7-8-14-31(27)40-32)36-38-20-29-24-11-4-3-9-22(24)23-10-5-6-12-26(23)35(29)39-36;1-34(2)27-16-7-5-11-21(27)23-18-19-29-30(31(23)34)25-14-9-15-26(33(25)36-29)32-24-13-4-3-10-20(24)22-12-6-8-17-28(22)35-32/h3-20H,1-2H3;3-20H,1-2H3;3-19H,1-2H3. The third kappa shape index (κ3) is 9.74. The molecule has 3 aliphatic carbocycles. The number of benzene rings is 16. The Morgan fingerprint density at radius 3 is 1.50 bits per heavy atom. The van der Waals surface area contributed by atoms with Crippen LogP contribution in [0.25, 0.3) is 221 Å². The van der Waals surface area contributed by atoms with Crippen molar-refractivity contribution in [2.45, 2.75) is 57.8 Å². The lowest BCUT2D eigenvalue weighted by Gasteiger charge is -2.22. The molecule has 0 spiro atoms. The van der Waals surface area contributed by atoms with Gasteiger partial charge in [-0.25, -0.2) is 19.9 Å². The maximum atomic E-state index is 6.68. The van der Waals surface area contributed by atoms with E-state index in [2.05, 4.69) is 315 Å². The van der Waals surface area contributed by atoms with Gasteiger partial charge in [0.2, 0.25) is 5.71 Å². The van der Waals surface area contributed by atoms with Gasteiger partial charge in [-0.15, -0.1) is 0 Å². The number of rotatable bonds is 4. The van der Waals surface area contributed by atoms with Gasteiger partial charge in [0.05, 0.1) is 27.8 Å². The smallest absolute Gasteiger partial charge is 0.231 e. The van der Waals surface area contributed by atoms with E-state index in [4.69, 9.17) is 42.6 Å². The second-order valence-electron chi connectivity index (χ2n) is 33.1. The molecule has 3 aliphatic rings. The lowest BCUT2D eigenvalue weighted by Crippen LogP contribution is -2.15. The molecule has 16 aromatic carbocycles. The molecule has 0 saturated heterocycles. The number of hydrogen-bond donors (Lipinski definition) is 0. The van der Waals surface area contributed by atoms with E-state index in [1.54, 1.807) is 0 Å². The Kier molecular flexibility index (Phi) is 14.1. The number of pyridine rings is 1. The fourth-order valence-corrected chi connectivity index (χ4v) is 20.2. The highest BCUT2D eigenvalue weighted by Crippen LogP contribution is 2.57. The molecule has 7 aromatic heterocycles. The number of nitrogens with zero attached hydrogens (tertiary/aromatic N) is 5. The zero-order valence-corrected chi connectivity index (χ0v) is 65.0. The highest BCUT2D eigenvalue weighted by Gasteiger charge is 2.41. The largest absolute Gasteiger partial charge is 0.456 e. The van der Waals surface area contributed by atoms with Gasteiger partial charge in [0.15, 0.2) is 11.6 Å². The summed E-state index contributed by atoms with van der Waals surface area (Å²) in [6, 6.07) is 111. The first-order valence-electron chi connectivity index (χ1n) is 40.2. The van der Waals surface area contributed by atoms with Gasteiger partial charge in [-0.05, 0) is 155 Å². The van der Waals surface area contributed by atoms with Gasteiger partial charge < -0.3 is 17.7 Å². The summed E-state index contributed by atoms with van der Waals surface area (Å²) < 4.78 is 25.7.